The number of rotatable bonds is 3. The number of imidazole rings is 1. The molecule has 16 heavy (non-hydrogen) atoms. The van der Waals surface area contributed by atoms with Crippen molar-refractivity contribution in [1.82, 2.24) is 14.9 Å². The number of aryl methyl sites for hydroxylation is 1. The molecule has 0 atom stereocenters. The number of nitrogens with one attached hydrogen (secondary N) is 1. The van der Waals surface area contributed by atoms with E-state index in [1.165, 1.54) is 16.9 Å². The van der Waals surface area contributed by atoms with Crippen LogP contribution in [-0.4, -0.2) is 16.6 Å². The SMILES string of the molecule is CNCc1cccc(-n2cnc(C)c2C)c1. The predicted octanol–water partition coefficient (Wildman–Crippen LogP) is 2.21. The fraction of sp³-hybridized carbons (Fsp3) is 0.308. The monoisotopic (exact) mass is 215 g/mol. The van der Waals surface area contributed by atoms with Crippen molar-refractivity contribution in [2.75, 3.05) is 7.05 Å². The van der Waals surface area contributed by atoms with Gasteiger partial charge in [-0.05, 0) is 38.6 Å². The van der Waals surface area contributed by atoms with Crippen molar-refractivity contribution < 1.29 is 0 Å². The molecule has 0 saturated carbocycles. The molecule has 84 valence electrons. The largest absolute Gasteiger partial charge is 0.316 e. The molecule has 0 bridgehead atoms. The molecule has 2 aromatic rings. The van der Waals surface area contributed by atoms with E-state index in [9.17, 15) is 0 Å². The van der Waals surface area contributed by atoms with Gasteiger partial charge in [0, 0.05) is 17.9 Å². The third-order valence-electron chi connectivity index (χ3n) is 2.82. The van der Waals surface area contributed by atoms with Crippen LogP contribution in [-0.2, 0) is 6.54 Å². The van der Waals surface area contributed by atoms with Crippen molar-refractivity contribution in [3.63, 3.8) is 0 Å². The second-order valence-corrected chi connectivity index (χ2v) is 3.99. The van der Waals surface area contributed by atoms with Gasteiger partial charge < -0.3 is 9.88 Å². The minimum Gasteiger partial charge on any atom is -0.316 e. The lowest BCUT2D eigenvalue weighted by Crippen LogP contribution is -2.05. The predicted molar refractivity (Wildman–Crippen MR) is 65.8 cm³/mol. The van der Waals surface area contributed by atoms with Crippen molar-refractivity contribution in [3.05, 3.63) is 47.5 Å². The molecule has 1 aromatic heterocycles. The standard InChI is InChI=1S/C13H17N3/c1-10-11(2)16(9-15-10)13-6-4-5-12(7-13)8-14-3/h4-7,9,14H,8H2,1-3H3. The van der Waals surface area contributed by atoms with E-state index in [0.717, 1.165) is 12.2 Å². The Balaban J connectivity index is 2.40. The van der Waals surface area contributed by atoms with E-state index in [0.29, 0.717) is 0 Å². The molecule has 0 fully saturated rings. The van der Waals surface area contributed by atoms with Gasteiger partial charge >= 0.3 is 0 Å². The summed E-state index contributed by atoms with van der Waals surface area (Å²) in [5.41, 5.74) is 4.73. The first kappa shape index (κ1) is 10.9. The number of benzene rings is 1. The molecule has 0 radical (unpaired) electrons. The van der Waals surface area contributed by atoms with Gasteiger partial charge in [0.05, 0.1) is 12.0 Å². The second kappa shape index (κ2) is 4.49. The summed E-state index contributed by atoms with van der Waals surface area (Å²) in [5.74, 6) is 0. The molecule has 1 N–H and O–H groups in total. The molecule has 3 heteroatoms. The van der Waals surface area contributed by atoms with Crippen LogP contribution in [0.15, 0.2) is 30.6 Å². The summed E-state index contributed by atoms with van der Waals surface area (Å²) in [5, 5.41) is 3.16. The van der Waals surface area contributed by atoms with Crippen LogP contribution in [0.25, 0.3) is 5.69 Å². The normalized spacial score (nSPS) is 10.7. The third-order valence-corrected chi connectivity index (χ3v) is 2.82. The first-order chi connectivity index (χ1) is 7.72. The van der Waals surface area contributed by atoms with E-state index in [1.807, 2.05) is 20.3 Å². The lowest BCUT2D eigenvalue weighted by molar-refractivity contribution is 0.815. The van der Waals surface area contributed by atoms with Gasteiger partial charge in [-0.15, -0.1) is 0 Å². The summed E-state index contributed by atoms with van der Waals surface area (Å²) >= 11 is 0. The van der Waals surface area contributed by atoms with Crippen LogP contribution in [0.2, 0.25) is 0 Å². The average molecular weight is 215 g/mol. The highest BCUT2D eigenvalue weighted by atomic mass is 15.1. The molecule has 1 aromatic carbocycles. The summed E-state index contributed by atoms with van der Waals surface area (Å²) in [6, 6.07) is 8.49. The van der Waals surface area contributed by atoms with E-state index < -0.39 is 0 Å². The fourth-order valence-corrected chi connectivity index (χ4v) is 1.78. The highest BCUT2D eigenvalue weighted by Crippen LogP contribution is 2.15. The number of aromatic nitrogens is 2. The van der Waals surface area contributed by atoms with E-state index in [1.54, 1.807) is 0 Å². The highest BCUT2D eigenvalue weighted by Gasteiger charge is 2.04. The number of nitrogens with zero attached hydrogens (tertiary/aromatic N) is 2. The Labute approximate surface area is 96.1 Å². The summed E-state index contributed by atoms with van der Waals surface area (Å²) in [6.07, 6.45) is 1.88. The Hall–Kier alpha value is -1.61. The van der Waals surface area contributed by atoms with Crippen molar-refractivity contribution >= 4 is 0 Å². The van der Waals surface area contributed by atoms with E-state index >= 15 is 0 Å². The Bertz CT molecular complexity index is 486. The molecule has 3 nitrogen and oxygen atoms in total. The average Bonchev–Trinajstić information content (AvgIpc) is 2.61. The Morgan fingerprint density at radius 1 is 1.31 bits per heavy atom. The number of hydrogen-bond acceptors (Lipinski definition) is 2. The molecule has 0 aliphatic heterocycles. The maximum Gasteiger partial charge on any atom is 0.0997 e. The Morgan fingerprint density at radius 2 is 2.12 bits per heavy atom. The van der Waals surface area contributed by atoms with Gasteiger partial charge in [0.15, 0.2) is 0 Å². The molecule has 0 amide bonds. The third kappa shape index (κ3) is 1.99. The van der Waals surface area contributed by atoms with Gasteiger partial charge in [0.2, 0.25) is 0 Å². The maximum absolute atomic E-state index is 4.32. The summed E-state index contributed by atoms with van der Waals surface area (Å²) in [4.78, 5) is 4.32. The minimum atomic E-state index is 0.889. The van der Waals surface area contributed by atoms with Gasteiger partial charge in [-0.2, -0.15) is 0 Å². The lowest BCUT2D eigenvalue weighted by Gasteiger charge is -2.07. The maximum atomic E-state index is 4.32. The van der Waals surface area contributed by atoms with Crippen LogP contribution in [0.1, 0.15) is 17.0 Å². The van der Waals surface area contributed by atoms with Crippen molar-refractivity contribution in [1.29, 1.82) is 0 Å². The molecule has 0 saturated heterocycles. The van der Waals surface area contributed by atoms with Gasteiger partial charge in [0.1, 0.15) is 0 Å². The van der Waals surface area contributed by atoms with Crippen LogP contribution in [0.3, 0.4) is 0 Å². The summed E-state index contributed by atoms with van der Waals surface area (Å²) in [6.45, 7) is 5.01. The molecule has 2 rings (SSSR count). The molecule has 1 heterocycles. The van der Waals surface area contributed by atoms with E-state index in [-0.39, 0.29) is 0 Å². The van der Waals surface area contributed by atoms with Crippen LogP contribution in [0.5, 0.6) is 0 Å². The van der Waals surface area contributed by atoms with Crippen LogP contribution in [0, 0.1) is 13.8 Å². The van der Waals surface area contributed by atoms with Crippen LogP contribution >= 0.6 is 0 Å². The number of hydrogen-bond donors (Lipinski definition) is 1. The van der Waals surface area contributed by atoms with Crippen molar-refractivity contribution in [2.24, 2.45) is 0 Å². The van der Waals surface area contributed by atoms with Crippen molar-refractivity contribution in [2.45, 2.75) is 20.4 Å². The zero-order valence-electron chi connectivity index (χ0n) is 9.99. The van der Waals surface area contributed by atoms with Gasteiger partial charge in [-0.25, -0.2) is 4.98 Å². The zero-order chi connectivity index (χ0) is 11.5. The van der Waals surface area contributed by atoms with Crippen LogP contribution < -0.4 is 5.32 Å². The Morgan fingerprint density at radius 3 is 2.75 bits per heavy atom. The second-order valence-electron chi connectivity index (χ2n) is 3.99. The molecule has 0 aliphatic carbocycles. The molecular weight excluding hydrogens is 198 g/mol. The fourth-order valence-electron chi connectivity index (χ4n) is 1.78. The molecule has 0 spiro atoms. The Kier molecular flexibility index (Phi) is 3.06. The minimum absolute atomic E-state index is 0.889. The first-order valence-electron chi connectivity index (χ1n) is 5.47. The van der Waals surface area contributed by atoms with Gasteiger partial charge in [0.25, 0.3) is 0 Å². The topological polar surface area (TPSA) is 29.9 Å². The molecular formula is C13H17N3. The smallest absolute Gasteiger partial charge is 0.0997 e. The summed E-state index contributed by atoms with van der Waals surface area (Å²) in [7, 11) is 1.96. The van der Waals surface area contributed by atoms with Crippen molar-refractivity contribution in [3.8, 4) is 5.69 Å². The highest BCUT2D eigenvalue weighted by molar-refractivity contribution is 5.38. The van der Waals surface area contributed by atoms with Crippen LogP contribution in [0.4, 0.5) is 0 Å². The quantitative estimate of drug-likeness (QED) is 0.850. The first-order valence-corrected chi connectivity index (χ1v) is 5.47. The summed E-state index contributed by atoms with van der Waals surface area (Å²) < 4.78 is 2.12. The lowest BCUT2D eigenvalue weighted by atomic mass is 10.2. The van der Waals surface area contributed by atoms with Gasteiger partial charge in [-0.1, -0.05) is 12.1 Å². The molecule has 0 aliphatic rings. The zero-order valence-corrected chi connectivity index (χ0v) is 9.99. The van der Waals surface area contributed by atoms with E-state index in [4.69, 9.17) is 0 Å². The van der Waals surface area contributed by atoms with Gasteiger partial charge in [-0.3, -0.25) is 0 Å². The molecule has 0 unspecified atom stereocenters. The van der Waals surface area contributed by atoms with E-state index in [2.05, 4.69) is 46.1 Å².